The molecule has 4 heteroatoms. The van der Waals surface area contributed by atoms with Crippen molar-refractivity contribution >= 4 is 0 Å². The van der Waals surface area contributed by atoms with Gasteiger partial charge in [-0.05, 0) is 33.9 Å². The number of morpholine rings is 1. The summed E-state index contributed by atoms with van der Waals surface area (Å²) in [6, 6.07) is 0.221. The molecule has 3 atom stereocenters. The Morgan fingerprint density at radius 2 is 2.00 bits per heavy atom. The maximum atomic E-state index is 9.05. The lowest BCUT2D eigenvalue weighted by molar-refractivity contribution is -0.0687. The van der Waals surface area contributed by atoms with E-state index in [4.69, 9.17) is 9.84 Å². The Balaban J connectivity index is 2.25. The Morgan fingerprint density at radius 1 is 1.40 bits per heavy atom. The van der Waals surface area contributed by atoms with Crippen molar-refractivity contribution in [1.29, 1.82) is 0 Å². The van der Waals surface area contributed by atoms with Crippen LogP contribution in [0.5, 0.6) is 0 Å². The molecule has 90 valence electrons. The fourth-order valence-corrected chi connectivity index (χ4v) is 2.13. The minimum absolute atomic E-state index is 0.214. The lowest BCUT2D eigenvalue weighted by Gasteiger charge is -2.35. The van der Waals surface area contributed by atoms with Crippen molar-refractivity contribution in [2.45, 2.75) is 38.5 Å². The topological polar surface area (TPSA) is 44.7 Å². The molecule has 4 nitrogen and oxygen atoms in total. The van der Waals surface area contributed by atoms with Gasteiger partial charge in [0.2, 0.25) is 0 Å². The summed E-state index contributed by atoms with van der Waals surface area (Å²) in [6.07, 6.45) is 1.65. The largest absolute Gasteiger partial charge is 0.395 e. The van der Waals surface area contributed by atoms with E-state index < -0.39 is 0 Å². The van der Waals surface area contributed by atoms with E-state index >= 15 is 0 Å². The number of ether oxygens (including phenoxy) is 1. The van der Waals surface area contributed by atoms with E-state index in [0.717, 1.165) is 26.1 Å². The molecule has 1 rings (SSSR count). The molecule has 1 heterocycles. The Hall–Kier alpha value is -0.160. The number of aliphatic hydroxyl groups is 1. The molecule has 0 radical (unpaired) electrons. The molecule has 1 fully saturated rings. The Bertz CT molecular complexity index is 164. The molecule has 0 aromatic carbocycles. The normalized spacial score (nSPS) is 30.4. The molecule has 1 aliphatic rings. The predicted molar refractivity (Wildman–Crippen MR) is 61.0 cm³/mol. The molecule has 0 bridgehead atoms. The molecule has 15 heavy (non-hydrogen) atoms. The minimum atomic E-state index is 0.214. The zero-order chi connectivity index (χ0) is 11.3. The van der Waals surface area contributed by atoms with Crippen LogP contribution in [0.4, 0.5) is 0 Å². The van der Waals surface area contributed by atoms with Crippen molar-refractivity contribution in [2.24, 2.45) is 0 Å². The van der Waals surface area contributed by atoms with E-state index in [1.165, 1.54) is 0 Å². The summed E-state index contributed by atoms with van der Waals surface area (Å²) < 4.78 is 5.67. The van der Waals surface area contributed by atoms with Gasteiger partial charge in [-0.15, -0.1) is 0 Å². The molecular formula is C11H24N2O2. The molecule has 0 aliphatic carbocycles. The Kier molecular flexibility index (Phi) is 5.53. The van der Waals surface area contributed by atoms with E-state index in [1.54, 1.807) is 0 Å². The fraction of sp³-hybridized carbons (Fsp3) is 1.00. The minimum Gasteiger partial charge on any atom is -0.395 e. The first-order chi connectivity index (χ1) is 7.15. The third kappa shape index (κ3) is 4.47. The van der Waals surface area contributed by atoms with Crippen molar-refractivity contribution in [3.05, 3.63) is 0 Å². The van der Waals surface area contributed by atoms with Crippen LogP contribution in [0.2, 0.25) is 0 Å². The van der Waals surface area contributed by atoms with Crippen LogP contribution in [0.3, 0.4) is 0 Å². The molecule has 0 saturated carbocycles. The van der Waals surface area contributed by atoms with Crippen molar-refractivity contribution in [3.63, 3.8) is 0 Å². The molecule has 0 amide bonds. The summed E-state index contributed by atoms with van der Waals surface area (Å²) >= 11 is 0. The van der Waals surface area contributed by atoms with Crippen molar-refractivity contribution in [3.8, 4) is 0 Å². The lowest BCUT2D eigenvalue weighted by atomic mass is 10.1. The number of aliphatic hydroxyl groups excluding tert-OH is 1. The predicted octanol–water partition coefficient (Wildman–Crippen LogP) is 0.0660. The second kappa shape index (κ2) is 6.43. The Labute approximate surface area is 92.6 Å². The van der Waals surface area contributed by atoms with E-state index in [0.29, 0.717) is 12.2 Å². The summed E-state index contributed by atoms with van der Waals surface area (Å²) in [5, 5.41) is 12.2. The van der Waals surface area contributed by atoms with Gasteiger partial charge in [0.05, 0.1) is 18.8 Å². The van der Waals surface area contributed by atoms with Crippen LogP contribution >= 0.6 is 0 Å². The number of likely N-dealkylation sites (N-methyl/N-ethyl adjacent to an activating group) is 1. The van der Waals surface area contributed by atoms with Crippen LogP contribution < -0.4 is 5.32 Å². The highest BCUT2D eigenvalue weighted by Gasteiger charge is 2.22. The van der Waals surface area contributed by atoms with E-state index in [-0.39, 0.29) is 12.6 Å². The number of hydrogen-bond donors (Lipinski definition) is 2. The average molecular weight is 216 g/mol. The summed E-state index contributed by atoms with van der Waals surface area (Å²) in [5.74, 6) is 0. The van der Waals surface area contributed by atoms with Gasteiger partial charge in [-0.3, -0.25) is 4.90 Å². The highest BCUT2D eigenvalue weighted by atomic mass is 16.5. The number of hydrogen-bond acceptors (Lipinski definition) is 4. The number of rotatable bonds is 5. The second-order valence-electron chi connectivity index (χ2n) is 4.47. The molecule has 0 aromatic heterocycles. The quantitative estimate of drug-likeness (QED) is 0.682. The van der Waals surface area contributed by atoms with Gasteiger partial charge in [-0.25, -0.2) is 0 Å². The third-order valence-electron chi connectivity index (χ3n) is 2.92. The number of nitrogens with one attached hydrogen (secondary N) is 1. The van der Waals surface area contributed by atoms with Crippen LogP contribution in [-0.4, -0.2) is 61.5 Å². The van der Waals surface area contributed by atoms with Crippen molar-refractivity contribution in [2.75, 3.05) is 33.3 Å². The first kappa shape index (κ1) is 12.9. The molecule has 1 saturated heterocycles. The average Bonchev–Trinajstić information content (AvgIpc) is 2.18. The third-order valence-corrected chi connectivity index (χ3v) is 2.92. The van der Waals surface area contributed by atoms with Gasteiger partial charge < -0.3 is 15.2 Å². The van der Waals surface area contributed by atoms with Crippen LogP contribution in [0.15, 0.2) is 0 Å². The first-order valence-corrected chi connectivity index (χ1v) is 5.81. The molecular weight excluding hydrogens is 192 g/mol. The molecule has 3 unspecified atom stereocenters. The van der Waals surface area contributed by atoms with E-state index in [9.17, 15) is 0 Å². The standard InChI is InChI=1S/C11H24N2O2/c1-9-6-13(7-10(2)15-9)5-4-11(8-14)12-3/h9-12,14H,4-8H2,1-3H3. The maximum Gasteiger partial charge on any atom is 0.0678 e. The molecule has 1 aliphatic heterocycles. The summed E-state index contributed by atoms with van der Waals surface area (Å²) in [6.45, 7) is 7.49. The highest BCUT2D eigenvalue weighted by Crippen LogP contribution is 2.11. The van der Waals surface area contributed by atoms with Gasteiger partial charge in [-0.1, -0.05) is 0 Å². The Morgan fingerprint density at radius 3 is 2.47 bits per heavy atom. The van der Waals surface area contributed by atoms with Crippen LogP contribution in [0.1, 0.15) is 20.3 Å². The van der Waals surface area contributed by atoms with Gasteiger partial charge in [0, 0.05) is 19.1 Å². The van der Waals surface area contributed by atoms with Crippen molar-refractivity contribution in [1.82, 2.24) is 10.2 Å². The van der Waals surface area contributed by atoms with Crippen molar-refractivity contribution < 1.29 is 9.84 Å². The monoisotopic (exact) mass is 216 g/mol. The highest BCUT2D eigenvalue weighted by molar-refractivity contribution is 4.75. The fourth-order valence-electron chi connectivity index (χ4n) is 2.13. The molecule has 0 aromatic rings. The summed E-state index contributed by atoms with van der Waals surface area (Å²) in [7, 11) is 1.89. The van der Waals surface area contributed by atoms with Gasteiger partial charge in [0.15, 0.2) is 0 Å². The van der Waals surface area contributed by atoms with E-state index in [2.05, 4.69) is 24.1 Å². The van der Waals surface area contributed by atoms with Gasteiger partial charge in [0.25, 0.3) is 0 Å². The van der Waals surface area contributed by atoms with E-state index in [1.807, 2.05) is 7.05 Å². The molecule has 0 spiro atoms. The van der Waals surface area contributed by atoms with Crippen LogP contribution in [-0.2, 0) is 4.74 Å². The van der Waals surface area contributed by atoms with Crippen LogP contribution in [0, 0.1) is 0 Å². The second-order valence-corrected chi connectivity index (χ2v) is 4.47. The number of nitrogens with zero attached hydrogens (tertiary/aromatic N) is 1. The summed E-state index contributed by atoms with van der Waals surface area (Å²) in [4.78, 5) is 2.42. The van der Waals surface area contributed by atoms with Crippen LogP contribution in [0.25, 0.3) is 0 Å². The van der Waals surface area contributed by atoms with Gasteiger partial charge in [-0.2, -0.15) is 0 Å². The summed E-state index contributed by atoms with van der Waals surface area (Å²) in [5.41, 5.74) is 0. The zero-order valence-corrected chi connectivity index (χ0v) is 10.1. The molecule has 2 N–H and O–H groups in total. The SMILES string of the molecule is CNC(CO)CCN1CC(C)OC(C)C1. The van der Waals surface area contributed by atoms with Gasteiger partial charge >= 0.3 is 0 Å². The zero-order valence-electron chi connectivity index (χ0n) is 10.1. The smallest absolute Gasteiger partial charge is 0.0678 e. The maximum absolute atomic E-state index is 9.05. The lowest BCUT2D eigenvalue weighted by Crippen LogP contribution is -2.47. The van der Waals surface area contributed by atoms with Gasteiger partial charge in [0.1, 0.15) is 0 Å². The first-order valence-electron chi connectivity index (χ1n) is 5.81.